The first-order chi connectivity index (χ1) is 3.81. The Morgan fingerprint density at radius 2 is 2.38 bits per heavy atom. The molecule has 48 valence electrons. The highest BCUT2D eigenvalue weighted by Crippen LogP contribution is 1.84. The van der Waals surface area contributed by atoms with E-state index in [1.165, 1.54) is 0 Å². The lowest BCUT2D eigenvalue weighted by Crippen LogP contribution is -2.26. The van der Waals surface area contributed by atoms with Gasteiger partial charge in [-0.15, -0.1) is 0 Å². The maximum absolute atomic E-state index is 9.76. The van der Waals surface area contributed by atoms with Crippen LogP contribution in [0.5, 0.6) is 0 Å². The van der Waals surface area contributed by atoms with Crippen LogP contribution in [0.2, 0.25) is 0 Å². The lowest BCUT2D eigenvalue weighted by molar-refractivity contribution is -0.107. The molecule has 0 radical (unpaired) electrons. The lowest BCUT2D eigenvalue weighted by atomic mass is 10.3. The van der Waals surface area contributed by atoms with Crippen molar-refractivity contribution in [2.45, 2.75) is 26.3 Å². The number of carbonyl (C=O) groups excluding carboxylic acids is 1. The van der Waals surface area contributed by atoms with E-state index in [1.54, 1.807) is 0 Å². The van der Waals surface area contributed by atoms with Crippen LogP contribution in [0, 0.1) is 0 Å². The summed E-state index contributed by atoms with van der Waals surface area (Å²) in [5, 5.41) is 3.01. The minimum absolute atomic E-state index is 0.472. The van der Waals surface area contributed by atoms with E-state index in [2.05, 4.69) is 19.2 Å². The average molecular weight is 115 g/mol. The summed E-state index contributed by atoms with van der Waals surface area (Å²) in [6, 6.07) is 0.472. The van der Waals surface area contributed by atoms with Crippen LogP contribution in [0.15, 0.2) is 0 Å². The first-order valence-corrected chi connectivity index (χ1v) is 2.98. The molecule has 0 aromatic rings. The predicted molar refractivity (Wildman–Crippen MR) is 33.8 cm³/mol. The molecule has 0 saturated carbocycles. The molecule has 1 N–H and O–H groups in total. The Hall–Kier alpha value is -0.370. The second-order valence-electron chi connectivity index (χ2n) is 1.88. The van der Waals surface area contributed by atoms with Crippen LogP contribution >= 0.6 is 0 Å². The van der Waals surface area contributed by atoms with Crippen LogP contribution < -0.4 is 5.32 Å². The van der Waals surface area contributed by atoms with Crippen LogP contribution in [0.1, 0.15) is 20.3 Å². The Kier molecular flexibility index (Phi) is 4.56. The van der Waals surface area contributed by atoms with E-state index in [0.29, 0.717) is 12.6 Å². The highest BCUT2D eigenvalue weighted by atomic mass is 16.1. The van der Waals surface area contributed by atoms with Gasteiger partial charge in [0, 0.05) is 6.04 Å². The van der Waals surface area contributed by atoms with E-state index in [0.717, 1.165) is 12.7 Å². The monoisotopic (exact) mass is 115 g/mol. The summed E-state index contributed by atoms with van der Waals surface area (Å²) in [5.41, 5.74) is 0. The van der Waals surface area contributed by atoms with Gasteiger partial charge >= 0.3 is 0 Å². The number of carbonyl (C=O) groups is 1. The normalized spacial score (nSPS) is 13.2. The van der Waals surface area contributed by atoms with Crippen molar-refractivity contribution in [2.75, 3.05) is 6.54 Å². The summed E-state index contributed by atoms with van der Waals surface area (Å²) in [6.45, 7) is 4.63. The van der Waals surface area contributed by atoms with Gasteiger partial charge in [0.15, 0.2) is 0 Å². The molecule has 2 nitrogen and oxygen atoms in total. The average Bonchev–Trinajstić information content (AvgIpc) is 1.83. The number of rotatable bonds is 4. The minimum Gasteiger partial charge on any atom is -0.308 e. The van der Waals surface area contributed by atoms with E-state index < -0.39 is 0 Å². The van der Waals surface area contributed by atoms with E-state index in [9.17, 15) is 4.79 Å². The van der Waals surface area contributed by atoms with Crippen molar-refractivity contribution in [1.29, 1.82) is 0 Å². The Bertz CT molecular complexity index is 63.5. The number of aldehydes is 1. The van der Waals surface area contributed by atoms with Gasteiger partial charge in [-0.25, -0.2) is 0 Å². The smallest absolute Gasteiger partial charge is 0.133 e. The standard InChI is InChI=1S/C6H13NO/c1-3-6(2)7-4-5-8/h5-7H,3-4H2,1-2H3. The maximum Gasteiger partial charge on any atom is 0.133 e. The molecule has 1 atom stereocenters. The molecule has 0 saturated heterocycles. The highest BCUT2D eigenvalue weighted by Gasteiger charge is 1.92. The fourth-order valence-corrected chi connectivity index (χ4v) is 0.394. The number of hydrogen-bond acceptors (Lipinski definition) is 2. The SMILES string of the molecule is CCC(C)NCC=O. The zero-order chi connectivity index (χ0) is 6.41. The van der Waals surface area contributed by atoms with Crippen LogP contribution in [-0.4, -0.2) is 18.9 Å². The maximum atomic E-state index is 9.76. The van der Waals surface area contributed by atoms with Gasteiger partial charge in [0.1, 0.15) is 6.29 Å². The van der Waals surface area contributed by atoms with Gasteiger partial charge in [-0.1, -0.05) is 6.92 Å². The molecule has 0 aliphatic rings. The van der Waals surface area contributed by atoms with Gasteiger partial charge < -0.3 is 10.1 Å². The van der Waals surface area contributed by atoms with Crippen LogP contribution in [-0.2, 0) is 4.79 Å². The van der Waals surface area contributed by atoms with Gasteiger partial charge in [0.25, 0.3) is 0 Å². The summed E-state index contributed by atoms with van der Waals surface area (Å²) in [7, 11) is 0. The Labute approximate surface area is 50.3 Å². The van der Waals surface area contributed by atoms with Crippen molar-refractivity contribution < 1.29 is 4.79 Å². The molecule has 0 heterocycles. The summed E-state index contributed by atoms with van der Waals surface area (Å²) in [4.78, 5) is 9.76. The topological polar surface area (TPSA) is 29.1 Å². The van der Waals surface area contributed by atoms with Crippen molar-refractivity contribution in [3.63, 3.8) is 0 Å². The third-order valence-corrected chi connectivity index (χ3v) is 1.16. The quantitative estimate of drug-likeness (QED) is 0.543. The third-order valence-electron chi connectivity index (χ3n) is 1.16. The van der Waals surface area contributed by atoms with E-state index in [1.807, 2.05) is 0 Å². The molecule has 0 aliphatic carbocycles. The Morgan fingerprint density at radius 3 is 2.75 bits per heavy atom. The fraction of sp³-hybridized carbons (Fsp3) is 0.833. The van der Waals surface area contributed by atoms with Crippen molar-refractivity contribution >= 4 is 6.29 Å². The van der Waals surface area contributed by atoms with Crippen LogP contribution in [0.25, 0.3) is 0 Å². The lowest BCUT2D eigenvalue weighted by Gasteiger charge is -2.05. The summed E-state index contributed by atoms with van der Waals surface area (Å²) >= 11 is 0. The fourth-order valence-electron chi connectivity index (χ4n) is 0.394. The Morgan fingerprint density at radius 1 is 1.75 bits per heavy atom. The van der Waals surface area contributed by atoms with Gasteiger partial charge in [0.2, 0.25) is 0 Å². The first-order valence-electron chi connectivity index (χ1n) is 2.98. The number of hydrogen-bond donors (Lipinski definition) is 1. The van der Waals surface area contributed by atoms with Crippen LogP contribution in [0.4, 0.5) is 0 Å². The zero-order valence-corrected chi connectivity index (χ0v) is 5.48. The zero-order valence-electron chi connectivity index (χ0n) is 5.48. The summed E-state index contributed by atoms with van der Waals surface area (Å²) in [6.07, 6.45) is 1.96. The molecule has 0 fully saturated rings. The molecule has 0 amide bonds. The minimum atomic E-state index is 0.472. The summed E-state index contributed by atoms with van der Waals surface area (Å²) < 4.78 is 0. The van der Waals surface area contributed by atoms with Crippen molar-refractivity contribution in [3.8, 4) is 0 Å². The molecule has 0 aromatic carbocycles. The first kappa shape index (κ1) is 7.63. The second kappa shape index (κ2) is 4.78. The summed E-state index contributed by atoms with van der Waals surface area (Å²) in [5.74, 6) is 0. The van der Waals surface area contributed by atoms with Crippen molar-refractivity contribution in [3.05, 3.63) is 0 Å². The van der Waals surface area contributed by atoms with Gasteiger partial charge in [-0.3, -0.25) is 0 Å². The van der Waals surface area contributed by atoms with E-state index in [4.69, 9.17) is 0 Å². The molecule has 0 rings (SSSR count). The van der Waals surface area contributed by atoms with Crippen molar-refractivity contribution in [1.82, 2.24) is 5.32 Å². The molecule has 2 heteroatoms. The van der Waals surface area contributed by atoms with Gasteiger partial charge in [-0.2, -0.15) is 0 Å². The highest BCUT2D eigenvalue weighted by molar-refractivity contribution is 5.51. The Balaban J connectivity index is 2.97. The van der Waals surface area contributed by atoms with Gasteiger partial charge in [0.05, 0.1) is 6.54 Å². The largest absolute Gasteiger partial charge is 0.308 e. The van der Waals surface area contributed by atoms with Crippen LogP contribution in [0.3, 0.4) is 0 Å². The number of nitrogens with one attached hydrogen (secondary N) is 1. The van der Waals surface area contributed by atoms with Gasteiger partial charge in [-0.05, 0) is 13.3 Å². The predicted octanol–water partition coefficient (Wildman–Crippen LogP) is 0.573. The molecule has 0 aromatic heterocycles. The molecular weight excluding hydrogens is 102 g/mol. The molecular formula is C6H13NO. The third kappa shape index (κ3) is 3.81. The van der Waals surface area contributed by atoms with Crippen molar-refractivity contribution in [2.24, 2.45) is 0 Å². The molecule has 0 bridgehead atoms. The molecule has 8 heavy (non-hydrogen) atoms. The second-order valence-corrected chi connectivity index (χ2v) is 1.88. The molecule has 0 aliphatic heterocycles. The van der Waals surface area contributed by atoms with E-state index >= 15 is 0 Å². The molecule has 1 unspecified atom stereocenters. The molecule has 0 spiro atoms. The van der Waals surface area contributed by atoms with E-state index in [-0.39, 0.29) is 0 Å².